The van der Waals surface area contributed by atoms with E-state index in [-0.39, 0.29) is 0 Å². The lowest BCUT2D eigenvalue weighted by Crippen LogP contribution is -1.95. The van der Waals surface area contributed by atoms with Crippen LogP contribution in [0.4, 0.5) is 0 Å². The second-order valence-corrected chi connectivity index (χ2v) is 3.59. The molecular weight excluding hydrogens is 182 g/mol. The van der Waals surface area contributed by atoms with Gasteiger partial charge in [-0.15, -0.1) is 0 Å². The second-order valence-electron chi connectivity index (χ2n) is 3.59. The van der Waals surface area contributed by atoms with Crippen LogP contribution in [0.15, 0.2) is 47.1 Å². The predicted octanol–water partition coefficient (Wildman–Crippen LogP) is 4.20. The molecule has 0 saturated heterocycles. The number of hydrogen-bond acceptors (Lipinski definition) is 1. The standard InChI is InChI=1S/C14H19N/c1-4-9-14(5-2)15-12(3)13-10-7-6-8-11-13/h5-8,10-11H,4,9H2,1-3H3/b14-5-,15-12?. The van der Waals surface area contributed by atoms with Crippen molar-refractivity contribution < 1.29 is 0 Å². The van der Waals surface area contributed by atoms with Gasteiger partial charge in [-0.1, -0.05) is 49.8 Å². The molecule has 15 heavy (non-hydrogen) atoms. The molecule has 0 heterocycles. The van der Waals surface area contributed by atoms with Gasteiger partial charge in [-0.25, -0.2) is 0 Å². The molecule has 0 N–H and O–H groups in total. The molecule has 1 aromatic carbocycles. The maximum atomic E-state index is 4.63. The lowest BCUT2D eigenvalue weighted by molar-refractivity contribution is 0.890. The van der Waals surface area contributed by atoms with Crippen LogP contribution in [0.25, 0.3) is 0 Å². The Hall–Kier alpha value is -1.37. The molecule has 0 aliphatic carbocycles. The maximum absolute atomic E-state index is 4.63. The molecule has 0 spiro atoms. The van der Waals surface area contributed by atoms with E-state index in [0.29, 0.717) is 0 Å². The molecule has 0 amide bonds. The van der Waals surface area contributed by atoms with Gasteiger partial charge in [-0.05, 0) is 25.8 Å². The van der Waals surface area contributed by atoms with Crippen LogP contribution in [-0.4, -0.2) is 5.71 Å². The van der Waals surface area contributed by atoms with Gasteiger partial charge in [0.2, 0.25) is 0 Å². The normalized spacial score (nSPS) is 13.0. The Morgan fingerprint density at radius 2 is 1.93 bits per heavy atom. The summed E-state index contributed by atoms with van der Waals surface area (Å²) in [5.74, 6) is 0. The van der Waals surface area contributed by atoms with Crippen LogP contribution in [0, 0.1) is 0 Å². The lowest BCUT2D eigenvalue weighted by Gasteiger charge is -2.03. The molecule has 1 aromatic rings. The minimum Gasteiger partial charge on any atom is -0.258 e. The fourth-order valence-electron chi connectivity index (χ4n) is 1.48. The van der Waals surface area contributed by atoms with E-state index in [9.17, 15) is 0 Å². The highest BCUT2D eigenvalue weighted by Crippen LogP contribution is 2.09. The van der Waals surface area contributed by atoms with Gasteiger partial charge in [-0.3, -0.25) is 4.99 Å². The Bertz CT molecular complexity index is 347. The van der Waals surface area contributed by atoms with Crippen molar-refractivity contribution in [2.45, 2.75) is 33.6 Å². The van der Waals surface area contributed by atoms with Crippen molar-refractivity contribution in [1.29, 1.82) is 0 Å². The van der Waals surface area contributed by atoms with E-state index in [0.717, 1.165) is 18.6 Å². The van der Waals surface area contributed by atoms with E-state index < -0.39 is 0 Å². The minimum atomic E-state index is 1.06. The van der Waals surface area contributed by atoms with E-state index in [1.54, 1.807) is 0 Å². The zero-order chi connectivity index (χ0) is 11.1. The molecule has 0 aliphatic heterocycles. The first-order valence-corrected chi connectivity index (χ1v) is 5.53. The minimum absolute atomic E-state index is 1.06. The molecule has 0 fully saturated rings. The Morgan fingerprint density at radius 3 is 2.47 bits per heavy atom. The number of hydrogen-bond donors (Lipinski definition) is 0. The van der Waals surface area contributed by atoms with Crippen LogP contribution in [0.5, 0.6) is 0 Å². The predicted molar refractivity (Wildman–Crippen MR) is 67.3 cm³/mol. The summed E-state index contributed by atoms with van der Waals surface area (Å²) in [4.78, 5) is 4.63. The molecule has 1 nitrogen and oxygen atoms in total. The average molecular weight is 201 g/mol. The molecule has 0 radical (unpaired) electrons. The van der Waals surface area contributed by atoms with Crippen LogP contribution < -0.4 is 0 Å². The van der Waals surface area contributed by atoms with Gasteiger partial charge in [0.1, 0.15) is 0 Å². The molecule has 0 saturated carbocycles. The summed E-state index contributed by atoms with van der Waals surface area (Å²) in [7, 11) is 0. The monoisotopic (exact) mass is 201 g/mol. The summed E-state index contributed by atoms with van der Waals surface area (Å²) in [6.07, 6.45) is 4.29. The third kappa shape index (κ3) is 3.70. The van der Waals surface area contributed by atoms with Crippen molar-refractivity contribution in [1.82, 2.24) is 0 Å². The third-order valence-electron chi connectivity index (χ3n) is 2.34. The Morgan fingerprint density at radius 1 is 1.27 bits per heavy atom. The number of rotatable bonds is 4. The summed E-state index contributed by atoms with van der Waals surface area (Å²) >= 11 is 0. The molecule has 0 bridgehead atoms. The summed E-state index contributed by atoms with van der Waals surface area (Å²) in [6.45, 7) is 6.29. The molecule has 1 heteroatoms. The van der Waals surface area contributed by atoms with Gasteiger partial charge >= 0.3 is 0 Å². The van der Waals surface area contributed by atoms with Crippen molar-refractivity contribution in [2.75, 3.05) is 0 Å². The highest BCUT2D eigenvalue weighted by Gasteiger charge is 1.97. The van der Waals surface area contributed by atoms with Crippen molar-refractivity contribution in [2.24, 2.45) is 4.99 Å². The fourth-order valence-corrected chi connectivity index (χ4v) is 1.48. The van der Waals surface area contributed by atoms with Crippen molar-refractivity contribution in [3.05, 3.63) is 47.7 Å². The molecule has 0 atom stereocenters. The summed E-state index contributed by atoms with van der Waals surface area (Å²) in [6, 6.07) is 10.3. The fraction of sp³-hybridized carbons (Fsp3) is 0.357. The van der Waals surface area contributed by atoms with E-state index in [1.807, 2.05) is 25.1 Å². The first kappa shape index (κ1) is 11.7. The topological polar surface area (TPSA) is 12.4 Å². The molecule has 80 valence electrons. The van der Waals surface area contributed by atoms with E-state index in [4.69, 9.17) is 0 Å². The summed E-state index contributed by atoms with van der Waals surface area (Å²) in [5, 5.41) is 0. The van der Waals surface area contributed by atoms with Crippen LogP contribution >= 0.6 is 0 Å². The molecule has 0 aliphatic rings. The van der Waals surface area contributed by atoms with Crippen LogP contribution in [0.3, 0.4) is 0 Å². The van der Waals surface area contributed by atoms with E-state index >= 15 is 0 Å². The van der Waals surface area contributed by atoms with Crippen molar-refractivity contribution in [3.63, 3.8) is 0 Å². The first-order valence-electron chi connectivity index (χ1n) is 5.53. The largest absolute Gasteiger partial charge is 0.258 e. The van der Waals surface area contributed by atoms with Gasteiger partial charge in [0, 0.05) is 11.4 Å². The van der Waals surface area contributed by atoms with Gasteiger partial charge in [-0.2, -0.15) is 0 Å². The van der Waals surface area contributed by atoms with E-state index in [2.05, 4.69) is 37.0 Å². The third-order valence-corrected chi connectivity index (χ3v) is 2.34. The average Bonchev–Trinajstić information content (AvgIpc) is 2.29. The van der Waals surface area contributed by atoms with Crippen LogP contribution in [0.1, 0.15) is 39.2 Å². The highest BCUT2D eigenvalue weighted by atomic mass is 14.7. The molecule has 1 rings (SSSR count). The zero-order valence-electron chi connectivity index (χ0n) is 9.83. The quantitative estimate of drug-likeness (QED) is 0.647. The number of nitrogens with zero attached hydrogens (tertiary/aromatic N) is 1. The van der Waals surface area contributed by atoms with Crippen molar-refractivity contribution in [3.8, 4) is 0 Å². The van der Waals surface area contributed by atoms with Crippen LogP contribution in [-0.2, 0) is 0 Å². The Balaban J connectivity index is 2.84. The lowest BCUT2D eigenvalue weighted by atomic mass is 10.1. The number of aliphatic imine (C=N–C) groups is 1. The summed E-state index contributed by atoms with van der Waals surface area (Å²) in [5.41, 5.74) is 3.48. The smallest absolute Gasteiger partial charge is 0.0448 e. The van der Waals surface area contributed by atoms with Crippen molar-refractivity contribution >= 4 is 5.71 Å². The van der Waals surface area contributed by atoms with Gasteiger partial charge in [0.05, 0.1) is 0 Å². The SMILES string of the molecule is C/C=C(/CCC)N=C(C)c1ccccc1. The first-order chi connectivity index (χ1) is 7.27. The molecular formula is C14H19N. The van der Waals surface area contributed by atoms with E-state index in [1.165, 1.54) is 11.3 Å². The van der Waals surface area contributed by atoms with Crippen LogP contribution in [0.2, 0.25) is 0 Å². The second kappa shape index (κ2) is 6.18. The number of benzene rings is 1. The van der Waals surface area contributed by atoms with Gasteiger partial charge in [0.25, 0.3) is 0 Å². The molecule has 0 unspecified atom stereocenters. The maximum Gasteiger partial charge on any atom is 0.0448 e. The van der Waals surface area contributed by atoms with Gasteiger partial charge in [0.15, 0.2) is 0 Å². The Kier molecular flexibility index (Phi) is 4.82. The number of allylic oxidation sites excluding steroid dienone is 2. The Labute approximate surface area is 92.6 Å². The van der Waals surface area contributed by atoms with Gasteiger partial charge < -0.3 is 0 Å². The summed E-state index contributed by atoms with van der Waals surface area (Å²) < 4.78 is 0. The highest BCUT2D eigenvalue weighted by molar-refractivity contribution is 5.99. The zero-order valence-corrected chi connectivity index (χ0v) is 9.83. The molecule has 0 aromatic heterocycles.